The first-order valence-corrected chi connectivity index (χ1v) is 8.30. The minimum absolute atomic E-state index is 0.0207. The molecule has 0 aliphatic carbocycles. The van der Waals surface area contributed by atoms with Gasteiger partial charge in [-0.15, -0.1) is 0 Å². The van der Waals surface area contributed by atoms with Crippen LogP contribution in [-0.4, -0.2) is 12.0 Å². The average molecular weight is 332 g/mol. The van der Waals surface area contributed by atoms with Gasteiger partial charge in [-0.1, -0.05) is 67.9 Å². The van der Waals surface area contributed by atoms with E-state index < -0.39 is 6.10 Å². The molecule has 0 radical (unpaired) electrons. The van der Waals surface area contributed by atoms with Crippen LogP contribution < -0.4 is 10.1 Å². The van der Waals surface area contributed by atoms with E-state index in [1.54, 1.807) is 12.1 Å². The molecule has 0 aromatic heterocycles. The lowest BCUT2D eigenvalue weighted by Gasteiger charge is -2.22. The van der Waals surface area contributed by atoms with Gasteiger partial charge < -0.3 is 10.1 Å². The van der Waals surface area contributed by atoms with Crippen LogP contribution >= 0.6 is 11.6 Å². The Kier molecular flexibility index (Phi) is 6.48. The van der Waals surface area contributed by atoms with E-state index in [0.29, 0.717) is 17.2 Å². The third kappa shape index (κ3) is 4.73. The van der Waals surface area contributed by atoms with Crippen molar-refractivity contribution in [3.05, 3.63) is 65.2 Å². The summed E-state index contributed by atoms with van der Waals surface area (Å²) in [6.45, 7) is 3.97. The zero-order valence-electron chi connectivity index (χ0n) is 13.5. The number of hydrogen-bond donors (Lipinski definition) is 1. The first-order chi connectivity index (χ1) is 11.2. The summed E-state index contributed by atoms with van der Waals surface area (Å²) in [4.78, 5) is 12.6. The Morgan fingerprint density at radius 1 is 1.04 bits per heavy atom. The van der Waals surface area contributed by atoms with E-state index in [0.717, 1.165) is 12.0 Å². The molecule has 2 aromatic carbocycles. The first-order valence-electron chi connectivity index (χ1n) is 7.92. The van der Waals surface area contributed by atoms with Gasteiger partial charge in [0.05, 0.1) is 11.1 Å². The molecule has 0 saturated heterocycles. The van der Waals surface area contributed by atoms with Gasteiger partial charge in [-0.3, -0.25) is 4.79 Å². The minimum atomic E-state index is -0.562. The lowest BCUT2D eigenvalue weighted by atomic mass is 10.0. The van der Waals surface area contributed by atoms with Crippen LogP contribution in [0.1, 0.15) is 38.3 Å². The minimum Gasteiger partial charge on any atom is -0.479 e. The van der Waals surface area contributed by atoms with Crippen LogP contribution in [0.15, 0.2) is 54.6 Å². The third-order valence-electron chi connectivity index (χ3n) is 3.70. The summed E-state index contributed by atoms with van der Waals surface area (Å²) in [6, 6.07) is 17.1. The van der Waals surface area contributed by atoms with Crippen molar-refractivity contribution < 1.29 is 9.53 Å². The number of nitrogens with one attached hydrogen (secondary N) is 1. The molecule has 0 aliphatic rings. The Balaban J connectivity index is 2.06. The number of hydrogen-bond acceptors (Lipinski definition) is 2. The summed E-state index contributed by atoms with van der Waals surface area (Å²) in [6.07, 6.45) is 0.827. The molecule has 1 N–H and O–H groups in total. The van der Waals surface area contributed by atoms with Gasteiger partial charge in [0.1, 0.15) is 5.75 Å². The molecule has 0 unspecified atom stereocenters. The quantitative estimate of drug-likeness (QED) is 0.794. The Labute approximate surface area is 142 Å². The van der Waals surface area contributed by atoms with E-state index >= 15 is 0 Å². The highest BCUT2D eigenvalue weighted by Gasteiger charge is 2.22. The molecule has 4 heteroatoms. The molecule has 2 atom stereocenters. The van der Waals surface area contributed by atoms with Crippen molar-refractivity contribution in [2.75, 3.05) is 0 Å². The lowest BCUT2D eigenvalue weighted by Crippen LogP contribution is -2.40. The molecular formula is C19H22ClNO2. The lowest BCUT2D eigenvalue weighted by molar-refractivity contribution is -0.128. The number of ether oxygens (including phenoxy) is 1. The number of carbonyl (C=O) groups excluding carboxylic acids is 1. The van der Waals surface area contributed by atoms with E-state index in [1.807, 2.05) is 56.3 Å². The summed E-state index contributed by atoms with van der Waals surface area (Å²) in [5.74, 6) is 0.409. The monoisotopic (exact) mass is 331 g/mol. The van der Waals surface area contributed by atoms with E-state index in [2.05, 4.69) is 5.32 Å². The molecule has 0 spiro atoms. The maximum Gasteiger partial charge on any atom is 0.261 e. The molecule has 1 amide bonds. The van der Waals surface area contributed by atoms with Crippen LogP contribution in [0.2, 0.25) is 5.02 Å². The van der Waals surface area contributed by atoms with E-state index in [1.165, 1.54) is 0 Å². The van der Waals surface area contributed by atoms with Gasteiger partial charge in [-0.25, -0.2) is 0 Å². The predicted molar refractivity (Wildman–Crippen MR) is 93.8 cm³/mol. The molecule has 0 saturated carbocycles. The third-order valence-corrected chi connectivity index (χ3v) is 4.01. The molecule has 0 aliphatic heterocycles. The Bertz CT molecular complexity index is 630. The van der Waals surface area contributed by atoms with Crippen LogP contribution in [0.25, 0.3) is 0 Å². The highest BCUT2D eigenvalue weighted by atomic mass is 35.5. The molecule has 2 rings (SSSR count). The normalized spacial score (nSPS) is 13.2. The molecule has 0 heterocycles. The highest BCUT2D eigenvalue weighted by Crippen LogP contribution is 2.25. The maximum atomic E-state index is 12.6. The Morgan fingerprint density at radius 2 is 1.70 bits per heavy atom. The molecule has 0 fully saturated rings. The average Bonchev–Trinajstić information content (AvgIpc) is 2.59. The van der Waals surface area contributed by atoms with Crippen molar-refractivity contribution in [2.45, 2.75) is 38.8 Å². The van der Waals surface area contributed by atoms with Crippen molar-refractivity contribution >= 4 is 17.5 Å². The van der Waals surface area contributed by atoms with E-state index in [9.17, 15) is 4.79 Å². The number of halogens is 1. The maximum absolute atomic E-state index is 12.6. The van der Waals surface area contributed by atoms with Gasteiger partial charge in [0.25, 0.3) is 5.91 Å². The number of amides is 1. The van der Waals surface area contributed by atoms with Gasteiger partial charge >= 0.3 is 0 Å². The van der Waals surface area contributed by atoms with E-state index in [-0.39, 0.29) is 11.9 Å². The van der Waals surface area contributed by atoms with Gasteiger partial charge in [0.2, 0.25) is 0 Å². The summed E-state index contributed by atoms with van der Waals surface area (Å²) < 4.78 is 5.79. The molecule has 122 valence electrons. The van der Waals surface area contributed by atoms with Gasteiger partial charge in [-0.2, -0.15) is 0 Å². The molecule has 0 bridgehead atoms. The summed E-state index contributed by atoms with van der Waals surface area (Å²) in [7, 11) is 0. The second-order valence-corrected chi connectivity index (χ2v) is 5.73. The first kappa shape index (κ1) is 17.4. The highest BCUT2D eigenvalue weighted by molar-refractivity contribution is 6.32. The largest absolute Gasteiger partial charge is 0.479 e. The van der Waals surface area contributed by atoms with Crippen molar-refractivity contribution in [3.63, 3.8) is 0 Å². The van der Waals surface area contributed by atoms with Crippen molar-refractivity contribution in [1.29, 1.82) is 0 Å². The fourth-order valence-electron chi connectivity index (χ4n) is 2.39. The van der Waals surface area contributed by atoms with Gasteiger partial charge in [-0.05, 0) is 30.5 Å². The summed E-state index contributed by atoms with van der Waals surface area (Å²) in [5, 5.41) is 3.57. The zero-order valence-corrected chi connectivity index (χ0v) is 14.2. The predicted octanol–water partition coefficient (Wildman–Crippen LogP) is 4.76. The number of carbonyl (C=O) groups is 1. The van der Waals surface area contributed by atoms with E-state index in [4.69, 9.17) is 16.3 Å². The molecule has 2 aromatic rings. The second kappa shape index (κ2) is 8.59. The molecular weight excluding hydrogens is 310 g/mol. The van der Waals surface area contributed by atoms with Gasteiger partial charge in [0.15, 0.2) is 6.10 Å². The molecule has 23 heavy (non-hydrogen) atoms. The SMILES string of the molecule is CC[C@@H](Oc1ccccc1Cl)C(=O)N[C@H](CC)c1ccccc1. The number of rotatable bonds is 7. The van der Waals surface area contributed by atoms with Crippen LogP contribution in [0, 0.1) is 0 Å². The van der Waals surface area contributed by atoms with Crippen molar-refractivity contribution in [2.24, 2.45) is 0 Å². The van der Waals surface area contributed by atoms with Crippen LogP contribution in [0.5, 0.6) is 5.75 Å². The number of benzene rings is 2. The topological polar surface area (TPSA) is 38.3 Å². The fraction of sp³-hybridized carbons (Fsp3) is 0.316. The smallest absolute Gasteiger partial charge is 0.261 e. The zero-order chi connectivity index (χ0) is 16.7. The van der Waals surface area contributed by atoms with Crippen molar-refractivity contribution in [1.82, 2.24) is 5.32 Å². The number of para-hydroxylation sites is 1. The van der Waals surface area contributed by atoms with Crippen molar-refractivity contribution in [3.8, 4) is 5.75 Å². The van der Waals surface area contributed by atoms with Gasteiger partial charge in [0, 0.05) is 0 Å². The van der Waals surface area contributed by atoms with Crippen LogP contribution in [-0.2, 0) is 4.79 Å². The summed E-state index contributed by atoms with van der Waals surface area (Å²) in [5.41, 5.74) is 1.09. The van der Waals surface area contributed by atoms with Crippen LogP contribution in [0.3, 0.4) is 0 Å². The Morgan fingerprint density at radius 3 is 2.30 bits per heavy atom. The summed E-state index contributed by atoms with van der Waals surface area (Å²) >= 11 is 6.10. The fourth-order valence-corrected chi connectivity index (χ4v) is 2.57. The Hall–Kier alpha value is -2.00. The second-order valence-electron chi connectivity index (χ2n) is 5.33. The standard InChI is InChI=1S/C19H22ClNO2/c1-3-16(14-10-6-5-7-11-14)21-19(22)17(4-2)23-18-13-9-8-12-15(18)20/h5-13,16-17H,3-4H2,1-2H3,(H,21,22)/t16-,17-/m1/s1. The van der Waals surface area contributed by atoms with Crippen LogP contribution in [0.4, 0.5) is 0 Å². The molecule has 3 nitrogen and oxygen atoms in total.